The van der Waals surface area contributed by atoms with Crippen molar-refractivity contribution in [2.75, 3.05) is 12.6 Å². The minimum Gasteiger partial charge on any atom is -0.463 e. The number of anilines is 1. The van der Waals surface area contributed by atoms with Gasteiger partial charge in [0.1, 0.15) is 5.75 Å². The lowest BCUT2D eigenvalue weighted by atomic mass is 9.98. The Morgan fingerprint density at radius 3 is 2.58 bits per heavy atom. The topological polar surface area (TPSA) is 52.3 Å². The van der Waals surface area contributed by atoms with Crippen LogP contribution in [0.15, 0.2) is 42.5 Å². The van der Waals surface area contributed by atoms with Gasteiger partial charge in [-0.25, -0.2) is 4.39 Å². The van der Waals surface area contributed by atoms with Crippen molar-refractivity contribution >= 4 is 11.5 Å². The van der Waals surface area contributed by atoms with Gasteiger partial charge in [0.25, 0.3) is 0 Å². The van der Waals surface area contributed by atoms with E-state index in [1.54, 1.807) is 37.3 Å². The second kappa shape index (κ2) is 5.52. The first-order chi connectivity index (χ1) is 9.13. The van der Waals surface area contributed by atoms with E-state index in [1.165, 1.54) is 6.07 Å². The second-order valence-electron chi connectivity index (χ2n) is 4.14. The van der Waals surface area contributed by atoms with Gasteiger partial charge in [0.15, 0.2) is 5.78 Å². The Kier molecular flexibility index (Phi) is 3.80. The number of rotatable bonds is 4. The average molecular weight is 259 g/mol. The minimum atomic E-state index is -0.955. The third kappa shape index (κ3) is 2.73. The molecule has 0 aromatic heterocycles. The molecule has 2 rings (SSSR count). The highest BCUT2D eigenvalue weighted by molar-refractivity contribution is 6.10. The van der Waals surface area contributed by atoms with Crippen LogP contribution >= 0.6 is 0 Å². The van der Waals surface area contributed by atoms with E-state index < -0.39 is 6.86 Å². The van der Waals surface area contributed by atoms with Gasteiger partial charge >= 0.3 is 0 Å². The fourth-order valence-electron chi connectivity index (χ4n) is 1.90. The van der Waals surface area contributed by atoms with E-state index in [-0.39, 0.29) is 5.78 Å². The number of carbonyl (C=O) groups is 1. The van der Waals surface area contributed by atoms with Crippen LogP contribution in [0.4, 0.5) is 10.1 Å². The average Bonchev–Trinajstić information content (AvgIpc) is 2.43. The summed E-state index contributed by atoms with van der Waals surface area (Å²) in [7, 11) is 0. The molecular formula is C15H14FNO2. The summed E-state index contributed by atoms with van der Waals surface area (Å²) in [5.41, 5.74) is 7.66. The lowest BCUT2D eigenvalue weighted by Gasteiger charge is -2.11. The molecule has 4 heteroatoms. The summed E-state index contributed by atoms with van der Waals surface area (Å²) in [5.74, 6) is 0.135. The van der Waals surface area contributed by atoms with Crippen molar-refractivity contribution in [2.24, 2.45) is 0 Å². The highest BCUT2D eigenvalue weighted by Gasteiger charge is 2.15. The number of nitrogen functional groups attached to an aromatic ring is 1. The third-order valence-corrected chi connectivity index (χ3v) is 2.87. The van der Waals surface area contributed by atoms with Gasteiger partial charge < -0.3 is 10.5 Å². The van der Waals surface area contributed by atoms with Crippen LogP contribution in [0, 0.1) is 6.92 Å². The fourth-order valence-corrected chi connectivity index (χ4v) is 1.90. The van der Waals surface area contributed by atoms with Crippen LogP contribution in [0.1, 0.15) is 21.5 Å². The molecule has 0 radical (unpaired) electrons. The van der Waals surface area contributed by atoms with E-state index in [0.717, 1.165) is 0 Å². The molecule has 0 spiro atoms. The van der Waals surface area contributed by atoms with Gasteiger partial charge in [0, 0.05) is 28.4 Å². The summed E-state index contributed by atoms with van der Waals surface area (Å²) in [6.45, 7) is 0.754. The molecule has 2 aromatic carbocycles. The molecule has 98 valence electrons. The van der Waals surface area contributed by atoms with Gasteiger partial charge in [-0.1, -0.05) is 30.3 Å². The Labute approximate surface area is 110 Å². The molecule has 0 aliphatic rings. The summed E-state index contributed by atoms with van der Waals surface area (Å²) in [5, 5.41) is 0. The fraction of sp³-hybridized carbons (Fsp3) is 0.133. The summed E-state index contributed by atoms with van der Waals surface area (Å²) in [6, 6.07) is 11.9. The van der Waals surface area contributed by atoms with Gasteiger partial charge in [0.2, 0.25) is 6.86 Å². The van der Waals surface area contributed by atoms with Gasteiger partial charge in [-0.3, -0.25) is 4.79 Å². The van der Waals surface area contributed by atoms with Gasteiger partial charge in [0.05, 0.1) is 0 Å². The van der Waals surface area contributed by atoms with Crippen molar-refractivity contribution in [2.45, 2.75) is 6.92 Å². The number of carbonyl (C=O) groups excluding carboxylic acids is 1. The number of ether oxygens (including phenoxy) is 1. The van der Waals surface area contributed by atoms with Crippen LogP contribution in [0.25, 0.3) is 0 Å². The monoisotopic (exact) mass is 259 g/mol. The summed E-state index contributed by atoms with van der Waals surface area (Å²) >= 11 is 0. The number of nitrogens with two attached hydrogens (primary N) is 1. The molecule has 0 atom stereocenters. The third-order valence-electron chi connectivity index (χ3n) is 2.87. The van der Waals surface area contributed by atoms with Crippen molar-refractivity contribution in [3.05, 3.63) is 59.2 Å². The number of alkyl halides is 1. The second-order valence-corrected chi connectivity index (χ2v) is 4.14. The maximum absolute atomic E-state index is 12.4. The van der Waals surface area contributed by atoms with Crippen LogP contribution in [-0.2, 0) is 0 Å². The van der Waals surface area contributed by atoms with Crippen molar-refractivity contribution in [3.63, 3.8) is 0 Å². The molecule has 2 aromatic rings. The van der Waals surface area contributed by atoms with Crippen molar-refractivity contribution in [1.29, 1.82) is 0 Å². The van der Waals surface area contributed by atoms with Crippen LogP contribution in [-0.4, -0.2) is 12.6 Å². The van der Waals surface area contributed by atoms with E-state index in [1.807, 2.05) is 6.07 Å². The largest absolute Gasteiger partial charge is 0.463 e. The molecule has 0 fully saturated rings. The molecule has 0 saturated heterocycles. The lowest BCUT2D eigenvalue weighted by molar-refractivity contribution is 0.103. The summed E-state index contributed by atoms with van der Waals surface area (Å²) < 4.78 is 17.1. The minimum absolute atomic E-state index is 0.158. The molecule has 0 aliphatic heterocycles. The van der Waals surface area contributed by atoms with Crippen LogP contribution in [0.2, 0.25) is 0 Å². The Morgan fingerprint density at radius 1 is 1.26 bits per heavy atom. The Balaban J connectivity index is 2.48. The zero-order valence-electron chi connectivity index (χ0n) is 10.5. The molecule has 0 saturated carbocycles. The van der Waals surface area contributed by atoms with Crippen LogP contribution in [0.5, 0.6) is 5.75 Å². The molecule has 0 unspecified atom stereocenters. The number of hydrogen-bond acceptors (Lipinski definition) is 3. The van der Waals surface area contributed by atoms with E-state index in [4.69, 9.17) is 10.5 Å². The van der Waals surface area contributed by atoms with E-state index in [9.17, 15) is 9.18 Å². The predicted octanol–water partition coefficient (Wildman–Crippen LogP) is 3.11. The van der Waals surface area contributed by atoms with E-state index in [2.05, 4.69) is 0 Å². The number of benzene rings is 2. The van der Waals surface area contributed by atoms with E-state index in [0.29, 0.717) is 28.1 Å². The van der Waals surface area contributed by atoms with Crippen LogP contribution < -0.4 is 10.5 Å². The number of ketones is 1. The molecule has 0 amide bonds. The molecular weight excluding hydrogens is 245 g/mol. The van der Waals surface area contributed by atoms with E-state index >= 15 is 0 Å². The standard InChI is InChI=1S/C15H14FNO2/c1-10-13(7-12(17)8-14(10)19-9-16)15(18)11-5-3-2-4-6-11/h2-8H,9,17H2,1H3. The smallest absolute Gasteiger partial charge is 0.228 e. The zero-order valence-corrected chi connectivity index (χ0v) is 10.5. The Bertz CT molecular complexity index is 597. The first-order valence-corrected chi connectivity index (χ1v) is 5.82. The Hall–Kier alpha value is -2.36. The first kappa shape index (κ1) is 13.1. The molecule has 3 nitrogen and oxygen atoms in total. The molecule has 19 heavy (non-hydrogen) atoms. The molecule has 0 bridgehead atoms. The van der Waals surface area contributed by atoms with Gasteiger partial charge in [-0.15, -0.1) is 0 Å². The maximum atomic E-state index is 12.4. The normalized spacial score (nSPS) is 10.2. The van der Waals surface area contributed by atoms with Crippen LogP contribution in [0.3, 0.4) is 0 Å². The summed E-state index contributed by atoms with van der Waals surface area (Å²) in [6.07, 6.45) is 0. The number of hydrogen-bond donors (Lipinski definition) is 1. The number of halogens is 1. The Morgan fingerprint density at radius 2 is 1.95 bits per heavy atom. The van der Waals surface area contributed by atoms with Crippen molar-refractivity contribution in [3.8, 4) is 5.75 Å². The lowest BCUT2D eigenvalue weighted by Crippen LogP contribution is -2.06. The van der Waals surface area contributed by atoms with Gasteiger partial charge in [-0.2, -0.15) is 0 Å². The highest BCUT2D eigenvalue weighted by Crippen LogP contribution is 2.27. The molecule has 0 heterocycles. The zero-order chi connectivity index (χ0) is 13.8. The maximum Gasteiger partial charge on any atom is 0.228 e. The highest BCUT2D eigenvalue weighted by atomic mass is 19.1. The van der Waals surface area contributed by atoms with Gasteiger partial charge in [-0.05, 0) is 13.0 Å². The van der Waals surface area contributed by atoms with Crippen molar-refractivity contribution in [1.82, 2.24) is 0 Å². The molecule has 0 aliphatic carbocycles. The summed E-state index contributed by atoms with van der Waals surface area (Å²) in [4.78, 5) is 12.4. The van der Waals surface area contributed by atoms with Crippen molar-refractivity contribution < 1.29 is 13.9 Å². The first-order valence-electron chi connectivity index (χ1n) is 5.82. The molecule has 2 N–H and O–H groups in total. The predicted molar refractivity (Wildman–Crippen MR) is 72.1 cm³/mol. The quantitative estimate of drug-likeness (QED) is 0.678. The SMILES string of the molecule is Cc1c(OCF)cc(N)cc1C(=O)c1ccccc1.